The molecular formula is C26H27F3N4O3S. The van der Waals surface area contributed by atoms with Crippen LogP contribution in [-0.2, 0) is 27.4 Å². The Bertz CT molecular complexity index is 1540. The predicted octanol–water partition coefficient (Wildman–Crippen LogP) is 5.48. The molecule has 196 valence electrons. The van der Waals surface area contributed by atoms with Crippen LogP contribution in [-0.4, -0.2) is 37.2 Å². The van der Waals surface area contributed by atoms with E-state index in [2.05, 4.69) is 14.7 Å². The molecule has 1 aromatic carbocycles. The summed E-state index contributed by atoms with van der Waals surface area (Å²) in [6.45, 7) is -0.203. The highest BCUT2D eigenvalue weighted by Gasteiger charge is 2.35. The second-order valence-electron chi connectivity index (χ2n) is 8.29. The fourth-order valence-electron chi connectivity index (χ4n) is 3.75. The number of aromatic nitrogens is 2. The van der Waals surface area contributed by atoms with E-state index >= 15 is 0 Å². The fourth-order valence-corrected chi connectivity index (χ4v) is 4.71. The summed E-state index contributed by atoms with van der Waals surface area (Å²) in [4.78, 5) is 21.1. The number of carbonyl (C=O) groups excluding carboxylic acids is 1. The summed E-state index contributed by atoms with van der Waals surface area (Å²) in [7, 11) is -4.48. The van der Waals surface area contributed by atoms with E-state index in [0.717, 1.165) is 12.1 Å². The standard InChI is InChI=1S/C26H27F3N4O3S/c1-18(34)8-7-17-33-16-5-4-10-19-9-2-3-11-20(19)25-21(26(27,28)29)14-15-22(30-25)32-37(35,36)24-13-6-12-23(33)31-24/h2-3,6,9,11-15H,4-5,7-8,10,16-17H2,1H3,(H,30,32)/i4D,7D,10D,17D. The molecule has 0 radical (unpaired) electrons. The molecule has 4 bridgehead atoms. The molecule has 11 heteroatoms. The number of hydrogen-bond acceptors (Lipinski definition) is 6. The van der Waals surface area contributed by atoms with Crippen LogP contribution in [0, 0.1) is 0 Å². The van der Waals surface area contributed by atoms with Gasteiger partial charge in [-0.3, -0.25) is 4.72 Å². The lowest BCUT2D eigenvalue weighted by molar-refractivity contribution is -0.137. The van der Waals surface area contributed by atoms with E-state index in [9.17, 15) is 26.4 Å². The number of Topliss-reactive ketones (excluding diaryl/α,β-unsaturated/α-hetero) is 1. The Balaban J connectivity index is 1.90. The molecule has 0 fully saturated rings. The Kier molecular flexibility index (Phi) is 6.35. The van der Waals surface area contributed by atoms with Gasteiger partial charge in [0.05, 0.1) is 11.3 Å². The second kappa shape index (κ2) is 10.9. The van der Waals surface area contributed by atoms with E-state index in [1.54, 1.807) is 0 Å². The van der Waals surface area contributed by atoms with Crippen molar-refractivity contribution in [2.24, 2.45) is 0 Å². The van der Waals surface area contributed by atoms with Crippen molar-refractivity contribution in [2.45, 2.75) is 50.2 Å². The molecule has 1 N–H and O–H groups in total. The van der Waals surface area contributed by atoms with Crippen LogP contribution in [0.1, 0.15) is 49.2 Å². The Labute approximate surface area is 219 Å². The molecule has 4 rings (SSSR count). The van der Waals surface area contributed by atoms with Crippen LogP contribution in [0.3, 0.4) is 0 Å². The number of anilines is 2. The van der Waals surface area contributed by atoms with Gasteiger partial charge >= 0.3 is 6.18 Å². The fraction of sp³-hybridized carbons (Fsp3) is 0.346. The number of sulfonamides is 1. The molecule has 0 saturated carbocycles. The predicted molar refractivity (Wildman–Crippen MR) is 135 cm³/mol. The van der Waals surface area contributed by atoms with Crippen molar-refractivity contribution in [3.63, 3.8) is 0 Å². The molecule has 1 aliphatic heterocycles. The third-order valence-corrected chi connectivity index (χ3v) is 6.71. The minimum atomic E-state index is -4.85. The molecule has 3 heterocycles. The van der Waals surface area contributed by atoms with Crippen LogP contribution < -0.4 is 9.62 Å². The summed E-state index contributed by atoms with van der Waals surface area (Å²) >= 11 is 0. The summed E-state index contributed by atoms with van der Waals surface area (Å²) < 4.78 is 105. The van der Waals surface area contributed by atoms with E-state index < -0.39 is 64.0 Å². The number of nitrogens with one attached hydrogen (secondary N) is 1. The number of ketones is 1. The van der Waals surface area contributed by atoms with Crippen LogP contribution in [0.2, 0.25) is 0 Å². The number of rotatable bonds is 4. The number of fused-ring (bicyclic) bond motifs is 6. The summed E-state index contributed by atoms with van der Waals surface area (Å²) in [6, 6.07) is 11.2. The SMILES string of the molecule is [2H]C1CCN(C([2H])C([2H])CC(C)=O)c2cccc(n2)S(=O)(=O)Nc2ccc(C(F)(F)F)c(n2)-c2ccccc2C1[2H]. The first-order valence-corrected chi connectivity index (χ1v) is 12.8. The molecule has 2 aromatic heterocycles. The highest BCUT2D eigenvalue weighted by molar-refractivity contribution is 7.92. The van der Waals surface area contributed by atoms with Gasteiger partial charge in [-0.25, -0.2) is 9.97 Å². The van der Waals surface area contributed by atoms with Crippen molar-refractivity contribution in [1.82, 2.24) is 9.97 Å². The molecule has 37 heavy (non-hydrogen) atoms. The third kappa shape index (κ3) is 6.46. The number of aryl methyl sites for hydroxylation is 1. The number of hydrogen-bond donors (Lipinski definition) is 1. The van der Waals surface area contributed by atoms with Crippen molar-refractivity contribution in [3.05, 3.63) is 65.7 Å². The molecule has 0 aliphatic carbocycles. The van der Waals surface area contributed by atoms with E-state index in [0.29, 0.717) is 6.07 Å². The molecule has 0 amide bonds. The lowest BCUT2D eigenvalue weighted by atomic mass is 9.96. The smallest absolute Gasteiger partial charge is 0.357 e. The van der Waals surface area contributed by atoms with Crippen molar-refractivity contribution in [3.8, 4) is 11.3 Å². The summed E-state index contributed by atoms with van der Waals surface area (Å²) in [5, 5.41) is -0.514. The van der Waals surface area contributed by atoms with Crippen LogP contribution >= 0.6 is 0 Å². The Morgan fingerprint density at radius 3 is 2.68 bits per heavy atom. The first-order valence-electron chi connectivity index (χ1n) is 13.6. The number of halogens is 3. The molecule has 0 saturated heterocycles. The lowest BCUT2D eigenvalue weighted by Crippen LogP contribution is -2.28. The molecule has 7 nitrogen and oxygen atoms in total. The van der Waals surface area contributed by atoms with Gasteiger partial charge in [0, 0.05) is 30.5 Å². The van der Waals surface area contributed by atoms with Crippen LogP contribution in [0.25, 0.3) is 11.3 Å². The van der Waals surface area contributed by atoms with Gasteiger partial charge in [0.15, 0.2) is 5.03 Å². The quantitative estimate of drug-likeness (QED) is 0.475. The number of alkyl halides is 3. The van der Waals surface area contributed by atoms with Gasteiger partial charge in [0.25, 0.3) is 10.0 Å². The molecule has 1 aliphatic rings. The number of pyridine rings is 2. The van der Waals surface area contributed by atoms with Crippen molar-refractivity contribution in [1.29, 1.82) is 0 Å². The first-order chi connectivity index (χ1) is 19.2. The maximum atomic E-state index is 14.0. The van der Waals surface area contributed by atoms with Gasteiger partial charge in [-0.05, 0) is 62.4 Å². The van der Waals surface area contributed by atoms with Crippen molar-refractivity contribution in [2.75, 3.05) is 22.7 Å². The van der Waals surface area contributed by atoms with Crippen LogP contribution in [0.4, 0.5) is 24.8 Å². The molecule has 4 atom stereocenters. The monoisotopic (exact) mass is 536 g/mol. The van der Waals surface area contributed by atoms with Crippen LogP contribution in [0.5, 0.6) is 0 Å². The number of benzene rings is 1. The Hall–Kier alpha value is -3.47. The molecule has 0 spiro atoms. The topological polar surface area (TPSA) is 92.3 Å². The van der Waals surface area contributed by atoms with E-state index in [1.165, 1.54) is 48.2 Å². The highest BCUT2D eigenvalue weighted by atomic mass is 32.2. The van der Waals surface area contributed by atoms with Crippen LogP contribution in [0.15, 0.2) is 59.6 Å². The van der Waals surface area contributed by atoms with E-state index in [4.69, 9.17) is 5.48 Å². The zero-order chi connectivity index (χ0) is 30.1. The minimum Gasteiger partial charge on any atom is -0.357 e. The van der Waals surface area contributed by atoms with Crippen molar-refractivity contribution >= 4 is 27.4 Å². The van der Waals surface area contributed by atoms with Gasteiger partial charge in [-0.2, -0.15) is 21.6 Å². The second-order valence-corrected chi connectivity index (χ2v) is 9.92. The van der Waals surface area contributed by atoms with E-state index in [-0.39, 0.29) is 42.1 Å². The minimum absolute atomic E-state index is 0.0150. The van der Waals surface area contributed by atoms with Gasteiger partial charge in [-0.15, -0.1) is 0 Å². The average molecular weight is 537 g/mol. The largest absolute Gasteiger partial charge is 0.418 e. The average Bonchev–Trinajstić information content (AvgIpc) is 2.91. The Morgan fingerprint density at radius 2 is 1.92 bits per heavy atom. The normalized spacial score (nSPS) is 22.9. The summed E-state index contributed by atoms with van der Waals surface area (Å²) in [6.07, 6.45) is -8.94. The summed E-state index contributed by atoms with van der Waals surface area (Å²) in [5.41, 5.74) is -1.72. The maximum absolute atomic E-state index is 14.0. The van der Waals surface area contributed by atoms with Gasteiger partial charge in [0.2, 0.25) is 0 Å². The van der Waals surface area contributed by atoms with Gasteiger partial charge in [-0.1, -0.05) is 30.3 Å². The van der Waals surface area contributed by atoms with Gasteiger partial charge in [0.1, 0.15) is 17.4 Å². The van der Waals surface area contributed by atoms with E-state index in [1.807, 2.05) is 0 Å². The third-order valence-electron chi connectivity index (χ3n) is 5.46. The zero-order valence-electron chi connectivity index (χ0n) is 23.7. The molecule has 3 aromatic rings. The Morgan fingerprint density at radius 1 is 1.14 bits per heavy atom. The molecule has 4 unspecified atom stereocenters. The number of carbonyl (C=O) groups is 1. The van der Waals surface area contributed by atoms with Crippen molar-refractivity contribution < 1.29 is 31.9 Å². The summed E-state index contributed by atoms with van der Waals surface area (Å²) in [5.74, 6) is -0.752. The van der Waals surface area contributed by atoms with Gasteiger partial charge < -0.3 is 9.69 Å². The number of nitrogens with zero attached hydrogens (tertiary/aromatic N) is 3. The highest BCUT2D eigenvalue weighted by Crippen LogP contribution is 2.38. The first kappa shape index (κ1) is 21.6. The molecular weight excluding hydrogens is 505 g/mol. The zero-order valence-corrected chi connectivity index (χ0v) is 20.6. The lowest BCUT2D eigenvalue weighted by Gasteiger charge is -2.24. The maximum Gasteiger partial charge on any atom is 0.418 e.